The first-order valence-electron chi connectivity index (χ1n) is 2.98. The summed E-state index contributed by atoms with van der Waals surface area (Å²) in [6.07, 6.45) is 0. The Kier molecular flexibility index (Phi) is 22.3. The molecule has 11 heavy (non-hydrogen) atoms. The molecule has 0 bridgehead atoms. The van der Waals surface area contributed by atoms with Crippen LogP contribution in [0.1, 0.15) is 13.8 Å². The molecule has 0 aromatic rings. The normalized spacial score (nSPS) is 14.2. The van der Waals surface area contributed by atoms with E-state index in [0.29, 0.717) is 20.9 Å². The van der Waals surface area contributed by atoms with Crippen LogP contribution in [0, 0.1) is 0 Å². The molecule has 2 atom stereocenters. The zero-order chi connectivity index (χ0) is 7.28. The Balaban J connectivity index is -0.000000320. The van der Waals surface area contributed by atoms with Gasteiger partial charge in [-0.1, -0.05) is 0 Å². The van der Waals surface area contributed by atoms with Gasteiger partial charge in [0, 0.05) is 0 Å². The molecular formula is C6H14Br4Te+. The van der Waals surface area contributed by atoms with Crippen LogP contribution in [-0.4, -0.2) is 30.6 Å². The third-order valence-electron chi connectivity index (χ3n) is 0.695. The molecule has 0 amide bonds. The molecule has 0 N–H and O–H groups in total. The molecule has 0 aliphatic heterocycles. The average molecular weight is 533 g/mol. The summed E-state index contributed by atoms with van der Waals surface area (Å²) in [4.78, 5) is 1.48. The van der Waals surface area contributed by atoms with Crippen molar-refractivity contribution in [3.05, 3.63) is 0 Å². The predicted octanol–water partition coefficient (Wildman–Crippen LogP) is 4.25. The van der Waals surface area contributed by atoms with Gasteiger partial charge in [0.05, 0.1) is 0 Å². The van der Waals surface area contributed by atoms with E-state index < -0.39 is 0 Å². The van der Waals surface area contributed by atoms with Gasteiger partial charge < -0.3 is 0 Å². The molecule has 1 radical (unpaired) electrons. The van der Waals surface area contributed by atoms with Crippen LogP contribution in [0.2, 0.25) is 8.94 Å². The third kappa shape index (κ3) is 19.2. The predicted molar refractivity (Wildman–Crippen MR) is 72.8 cm³/mol. The van der Waals surface area contributed by atoms with Crippen LogP contribution in [0.15, 0.2) is 0 Å². The Labute approximate surface area is 118 Å². The number of hydrogen-bond donors (Lipinski definition) is 0. The first-order valence-corrected chi connectivity index (χ1v) is 8.11. The van der Waals surface area contributed by atoms with Crippen LogP contribution in [0.4, 0.5) is 0 Å². The van der Waals surface area contributed by atoms with Crippen molar-refractivity contribution in [3.8, 4) is 0 Å². The first kappa shape index (κ1) is 19.3. The summed E-state index contributed by atoms with van der Waals surface area (Å²) in [5.41, 5.74) is 0. The maximum atomic E-state index is 3.54. The number of rotatable bonds is 4. The number of halogens is 4. The summed E-state index contributed by atoms with van der Waals surface area (Å²) in [5.74, 6) is 0. The second kappa shape index (κ2) is 12.7. The summed E-state index contributed by atoms with van der Waals surface area (Å²) in [5, 5.41) is 0. The van der Waals surface area contributed by atoms with Gasteiger partial charge in [0.25, 0.3) is 0 Å². The van der Waals surface area contributed by atoms with Crippen molar-refractivity contribution >= 4 is 86.7 Å². The van der Waals surface area contributed by atoms with Crippen molar-refractivity contribution < 1.29 is 0 Å². The summed E-state index contributed by atoms with van der Waals surface area (Å²) in [6.45, 7) is 4.45. The van der Waals surface area contributed by atoms with Crippen molar-refractivity contribution in [2.45, 2.75) is 32.4 Å². The van der Waals surface area contributed by atoms with Crippen LogP contribution in [-0.2, 0) is 0 Å². The molecule has 0 heterocycles. The second-order valence-corrected chi connectivity index (χ2v) is 8.29. The van der Waals surface area contributed by atoms with Gasteiger partial charge in [0.1, 0.15) is 0 Å². The van der Waals surface area contributed by atoms with E-state index in [-0.39, 0.29) is 34.0 Å². The van der Waals surface area contributed by atoms with Crippen molar-refractivity contribution in [1.82, 2.24) is 0 Å². The van der Waals surface area contributed by atoms with Gasteiger partial charge in [-0.3, -0.25) is 0 Å². The number of hydrogen-bond acceptors (Lipinski definition) is 0. The monoisotopic (exact) mass is 532 g/mol. The van der Waals surface area contributed by atoms with E-state index in [0.717, 1.165) is 9.65 Å². The molecule has 71 valence electrons. The van der Waals surface area contributed by atoms with Gasteiger partial charge in [-0.25, -0.2) is 0 Å². The zero-order valence-corrected chi connectivity index (χ0v) is 15.5. The Morgan fingerprint density at radius 1 is 1.00 bits per heavy atom. The fourth-order valence-electron chi connectivity index (χ4n) is 0.393. The molecule has 0 rings (SSSR count). The van der Waals surface area contributed by atoms with E-state index in [1.807, 2.05) is 0 Å². The minimum absolute atomic E-state index is 0. The summed E-state index contributed by atoms with van der Waals surface area (Å²) in [6, 6.07) is 0. The molecule has 0 spiro atoms. The topological polar surface area (TPSA) is 0 Å². The van der Waals surface area contributed by atoms with Gasteiger partial charge in [-0.2, -0.15) is 0 Å². The molecule has 0 aliphatic carbocycles. The van der Waals surface area contributed by atoms with Crippen LogP contribution in [0.25, 0.3) is 0 Å². The Morgan fingerprint density at radius 3 is 1.45 bits per heavy atom. The molecule has 0 nitrogen and oxygen atoms in total. The van der Waals surface area contributed by atoms with Crippen molar-refractivity contribution in [3.63, 3.8) is 0 Å². The Hall–Kier alpha value is 2.71. The SMILES string of the molecule is Br.Br.CC(Br)C[Te+]CC(C)Br. The van der Waals surface area contributed by atoms with E-state index >= 15 is 0 Å². The van der Waals surface area contributed by atoms with E-state index in [1.54, 1.807) is 0 Å². The molecule has 0 aromatic carbocycles. The first-order chi connectivity index (χ1) is 4.13. The van der Waals surface area contributed by atoms with Crippen molar-refractivity contribution in [1.29, 1.82) is 0 Å². The van der Waals surface area contributed by atoms with E-state index in [2.05, 4.69) is 45.7 Å². The van der Waals surface area contributed by atoms with Crippen molar-refractivity contribution in [2.24, 2.45) is 0 Å². The Morgan fingerprint density at radius 2 is 1.27 bits per heavy atom. The summed E-state index contributed by atoms with van der Waals surface area (Å²) >= 11 is 7.38. The van der Waals surface area contributed by atoms with Crippen LogP contribution < -0.4 is 0 Å². The molecule has 0 fully saturated rings. The summed E-state index contributed by atoms with van der Waals surface area (Å²) < 4.78 is 2.84. The molecule has 0 saturated carbocycles. The van der Waals surface area contributed by atoms with Gasteiger partial charge in [0.2, 0.25) is 0 Å². The van der Waals surface area contributed by atoms with Gasteiger partial charge >= 0.3 is 85.2 Å². The van der Waals surface area contributed by atoms with Gasteiger partial charge in [-0.05, 0) is 0 Å². The summed E-state index contributed by atoms with van der Waals surface area (Å²) in [7, 11) is 0. The van der Waals surface area contributed by atoms with E-state index in [9.17, 15) is 0 Å². The second-order valence-electron chi connectivity index (χ2n) is 2.10. The molecule has 5 heteroatoms. The minimum atomic E-state index is 0. The third-order valence-corrected chi connectivity index (χ3v) is 8.21. The van der Waals surface area contributed by atoms with E-state index in [1.165, 1.54) is 8.94 Å². The molecule has 0 aromatic heterocycles. The van der Waals surface area contributed by atoms with Crippen LogP contribution >= 0.6 is 65.8 Å². The van der Waals surface area contributed by atoms with Crippen LogP contribution in [0.3, 0.4) is 0 Å². The fourth-order valence-corrected chi connectivity index (χ4v) is 5.14. The van der Waals surface area contributed by atoms with Crippen LogP contribution in [0.5, 0.6) is 0 Å². The quantitative estimate of drug-likeness (QED) is 0.375. The van der Waals surface area contributed by atoms with Crippen molar-refractivity contribution in [2.75, 3.05) is 0 Å². The van der Waals surface area contributed by atoms with E-state index in [4.69, 9.17) is 0 Å². The number of alkyl halides is 2. The standard InChI is InChI=1S/C6H12Br2Te.2BrH/c1-5(7)3-9-4-6(2)8;;/h5-6H,3-4H2,1-2H3;2*1H/q+1;;. The zero-order valence-electron chi connectivity index (χ0n) is 6.55. The fraction of sp³-hybridized carbons (Fsp3) is 1.00. The Bertz CT molecular complexity index is 59.6. The average Bonchev–Trinajstić information content (AvgIpc) is 1.63. The molecule has 0 saturated heterocycles. The molecular weight excluding hydrogens is 519 g/mol. The molecule has 0 aliphatic rings. The van der Waals surface area contributed by atoms with Gasteiger partial charge in [0.15, 0.2) is 0 Å². The van der Waals surface area contributed by atoms with Gasteiger partial charge in [-0.15, -0.1) is 34.0 Å². The molecule has 2 unspecified atom stereocenters. The maximum absolute atomic E-state index is 3.54.